The number of rotatable bonds is 2. The van der Waals surface area contributed by atoms with Gasteiger partial charge in [-0.05, 0) is 32.1 Å². The molecule has 0 aromatic rings. The Morgan fingerprint density at radius 3 is 2.69 bits per heavy atom. The summed E-state index contributed by atoms with van der Waals surface area (Å²) in [5.41, 5.74) is 3.40. The number of hydrogen-bond acceptors (Lipinski definition) is 0. The molecule has 0 saturated carbocycles. The van der Waals surface area contributed by atoms with Crippen molar-refractivity contribution in [3.63, 3.8) is 0 Å². The first-order valence-corrected chi connectivity index (χ1v) is 5.06. The molecule has 1 aliphatic rings. The van der Waals surface area contributed by atoms with Gasteiger partial charge in [0.25, 0.3) is 0 Å². The smallest absolute Gasteiger partial charge is 0.0101 e. The Kier molecular flexibility index (Phi) is 3.13. The van der Waals surface area contributed by atoms with Crippen LogP contribution in [0.2, 0.25) is 0 Å². The van der Waals surface area contributed by atoms with Gasteiger partial charge in [-0.1, -0.05) is 49.3 Å². The van der Waals surface area contributed by atoms with Gasteiger partial charge in [0, 0.05) is 0 Å². The molecular weight excluding hydrogens is 156 g/mol. The molecular formula is C13H20. The Balaban J connectivity index is 2.91. The van der Waals surface area contributed by atoms with Gasteiger partial charge in [-0.2, -0.15) is 0 Å². The number of hydrogen-bond donors (Lipinski definition) is 0. The van der Waals surface area contributed by atoms with Crippen LogP contribution >= 0.6 is 0 Å². The molecule has 0 atom stereocenters. The average molecular weight is 176 g/mol. The van der Waals surface area contributed by atoms with E-state index >= 15 is 0 Å². The van der Waals surface area contributed by atoms with E-state index in [1.807, 2.05) is 0 Å². The third-order valence-corrected chi connectivity index (χ3v) is 2.85. The Morgan fingerprint density at radius 1 is 1.46 bits per heavy atom. The van der Waals surface area contributed by atoms with Crippen LogP contribution in [0, 0.1) is 5.41 Å². The molecule has 0 heteroatoms. The van der Waals surface area contributed by atoms with E-state index in [1.165, 1.54) is 12.0 Å². The van der Waals surface area contributed by atoms with Crippen LogP contribution in [0.25, 0.3) is 0 Å². The topological polar surface area (TPSA) is 0 Å². The second-order valence-electron chi connectivity index (χ2n) is 4.43. The van der Waals surface area contributed by atoms with Gasteiger partial charge in [0.15, 0.2) is 0 Å². The lowest BCUT2D eigenvalue weighted by Gasteiger charge is -2.31. The Morgan fingerprint density at radius 2 is 2.15 bits per heavy atom. The van der Waals surface area contributed by atoms with E-state index in [0.717, 1.165) is 6.42 Å². The van der Waals surface area contributed by atoms with Gasteiger partial charge in [0.1, 0.15) is 0 Å². The molecule has 0 radical (unpaired) electrons. The van der Waals surface area contributed by atoms with Gasteiger partial charge >= 0.3 is 0 Å². The van der Waals surface area contributed by atoms with Crippen LogP contribution in [0.4, 0.5) is 0 Å². The minimum absolute atomic E-state index is 0.359. The molecule has 0 aromatic carbocycles. The molecule has 0 fully saturated rings. The zero-order chi connectivity index (χ0) is 9.90. The van der Waals surface area contributed by atoms with Gasteiger partial charge < -0.3 is 0 Å². The highest BCUT2D eigenvalue weighted by Gasteiger charge is 2.24. The van der Waals surface area contributed by atoms with E-state index in [4.69, 9.17) is 0 Å². The van der Waals surface area contributed by atoms with Gasteiger partial charge in [0.2, 0.25) is 0 Å². The van der Waals surface area contributed by atoms with Crippen molar-refractivity contribution in [1.29, 1.82) is 0 Å². The summed E-state index contributed by atoms with van der Waals surface area (Å²) >= 11 is 0. The summed E-state index contributed by atoms with van der Waals surface area (Å²) in [6, 6.07) is 0. The molecule has 0 aromatic heterocycles. The highest BCUT2D eigenvalue weighted by Crippen LogP contribution is 2.38. The maximum atomic E-state index is 2.33. The van der Waals surface area contributed by atoms with Gasteiger partial charge in [-0.25, -0.2) is 0 Å². The predicted octanol–water partition coefficient (Wildman–Crippen LogP) is 4.26. The minimum atomic E-state index is 0.359. The highest BCUT2D eigenvalue weighted by atomic mass is 14.3. The first kappa shape index (κ1) is 10.3. The normalized spacial score (nSPS) is 21.5. The maximum Gasteiger partial charge on any atom is -0.0101 e. The van der Waals surface area contributed by atoms with Crippen molar-refractivity contribution in [1.82, 2.24) is 0 Å². The molecule has 0 spiro atoms. The van der Waals surface area contributed by atoms with E-state index in [-0.39, 0.29) is 0 Å². The quantitative estimate of drug-likeness (QED) is 0.552. The molecule has 0 nitrogen and oxygen atoms in total. The second kappa shape index (κ2) is 3.95. The van der Waals surface area contributed by atoms with E-state index in [9.17, 15) is 0 Å². The van der Waals surface area contributed by atoms with Crippen molar-refractivity contribution < 1.29 is 0 Å². The third kappa shape index (κ3) is 2.33. The van der Waals surface area contributed by atoms with E-state index < -0.39 is 0 Å². The Hall–Kier alpha value is -0.780. The first-order valence-electron chi connectivity index (χ1n) is 5.06. The van der Waals surface area contributed by atoms with Crippen LogP contribution in [0.5, 0.6) is 0 Å². The number of allylic oxidation sites excluding steroid dienone is 6. The fourth-order valence-electron chi connectivity index (χ4n) is 1.96. The minimum Gasteiger partial charge on any atom is -0.0913 e. The maximum absolute atomic E-state index is 2.33. The summed E-state index contributed by atoms with van der Waals surface area (Å²) in [7, 11) is 0. The van der Waals surface area contributed by atoms with Crippen molar-refractivity contribution in [2.75, 3.05) is 0 Å². The Labute approximate surface area is 82.0 Å². The van der Waals surface area contributed by atoms with E-state index in [0.29, 0.717) is 5.41 Å². The van der Waals surface area contributed by atoms with Crippen molar-refractivity contribution in [3.05, 3.63) is 35.5 Å². The zero-order valence-electron chi connectivity index (χ0n) is 9.22. The summed E-state index contributed by atoms with van der Waals surface area (Å²) in [4.78, 5) is 0. The third-order valence-electron chi connectivity index (χ3n) is 2.85. The van der Waals surface area contributed by atoms with Crippen LogP contribution < -0.4 is 0 Å². The lowest BCUT2D eigenvalue weighted by molar-refractivity contribution is 0.435. The molecule has 0 N–H and O–H groups in total. The SMILES string of the molecule is CC=CCC1=C(C)C=CCC1(C)C. The average Bonchev–Trinajstić information content (AvgIpc) is 2.02. The van der Waals surface area contributed by atoms with Crippen LogP contribution in [0.3, 0.4) is 0 Å². The largest absolute Gasteiger partial charge is 0.0913 e. The van der Waals surface area contributed by atoms with Crippen LogP contribution in [-0.2, 0) is 0 Å². The van der Waals surface area contributed by atoms with Gasteiger partial charge in [0.05, 0.1) is 0 Å². The summed E-state index contributed by atoms with van der Waals surface area (Å²) < 4.78 is 0. The molecule has 1 aliphatic carbocycles. The molecule has 0 unspecified atom stereocenters. The summed E-state index contributed by atoms with van der Waals surface area (Å²) in [6.07, 6.45) is 11.2. The van der Waals surface area contributed by atoms with Crippen molar-refractivity contribution in [2.24, 2.45) is 5.41 Å². The molecule has 0 saturated heterocycles. The second-order valence-corrected chi connectivity index (χ2v) is 4.43. The summed E-state index contributed by atoms with van der Waals surface area (Å²) in [5.74, 6) is 0. The Bertz CT molecular complexity index is 262. The summed E-state index contributed by atoms with van der Waals surface area (Å²) in [5, 5.41) is 0. The first-order chi connectivity index (χ1) is 6.08. The lowest BCUT2D eigenvalue weighted by atomic mass is 9.74. The predicted molar refractivity (Wildman–Crippen MR) is 59.7 cm³/mol. The summed E-state index contributed by atoms with van der Waals surface area (Å²) in [6.45, 7) is 8.97. The molecule has 0 aliphatic heterocycles. The standard InChI is InChI=1S/C13H20/c1-5-6-9-12-11(2)8-7-10-13(12,3)4/h5-8H,9-10H2,1-4H3. The van der Waals surface area contributed by atoms with Gasteiger partial charge in [-0.3, -0.25) is 0 Å². The van der Waals surface area contributed by atoms with Crippen LogP contribution in [0.1, 0.15) is 40.5 Å². The van der Waals surface area contributed by atoms with Crippen molar-refractivity contribution >= 4 is 0 Å². The van der Waals surface area contributed by atoms with Crippen LogP contribution in [-0.4, -0.2) is 0 Å². The highest BCUT2D eigenvalue weighted by molar-refractivity contribution is 5.34. The monoisotopic (exact) mass is 176 g/mol. The molecule has 72 valence electrons. The molecule has 0 heterocycles. The van der Waals surface area contributed by atoms with Crippen LogP contribution in [0.15, 0.2) is 35.5 Å². The van der Waals surface area contributed by atoms with Gasteiger partial charge in [-0.15, -0.1) is 0 Å². The fraction of sp³-hybridized carbons (Fsp3) is 0.538. The van der Waals surface area contributed by atoms with E-state index in [1.54, 1.807) is 5.57 Å². The fourth-order valence-corrected chi connectivity index (χ4v) is 1.96. The molecule has 13 heavy (non-hydrogen) atoms. The van der Waals surface area contributed by atoms with Crippen molar-refractivity contribution in [3.8, 4) is 0 Å². The zero-order valence-corrected chi connectivity index (χ0v) is 9.22. The lowest BCUT2D eigenvalue weighted by Crippen LogP contribution is -2.17. The molecule has 0 amide bonds. The molecule has 0 bridgehead atoms. The van der Waals surface area contributed by atoms with Crippen molar-refractivity contribution in [2.45, 2.75) is 40.5 Å². The van der Waals surface area contributed by atoms with E-state index in [2.05, 4.69) is 52.0 Å². The molecule has 1 rings (SSSR count).